The molecule has 2 unspecified atom stereocenters. The average molecular weight is 186 g/mol. The molecule has 1 aliphatic rings. The van der Waals surface area contributed by atoms with Gasteiger partial charge in [-0.3, -0.25) is 4.79 Å². The van der Waals surface area contributed by atoms with E-state index in [1.165, 1.54) is 0 Å². The van der Waals surface area contributed by atoms with Gasteiger partial charge in [-0.15, -0.1) is 0 Å². The maximum Gasteiger partial charge on any atom is 0.308 e. The Labute approximate surface area is 79.1 Å². The molecule has 0 aromatic rings. The fourth-order valence-corrected chi connectivity index (χ4v) is 1.67. The zero-order valence-electron chi connectivity index (χ0n) is 8.54. The van der Waals surface area contributed by atoms with E-state index in [2.05, 4.69) is 20.8 Å². The maximum atomic E-state index is 11.0. The van der Waals surface area contributed by atoms with E-state index in [1.807, 2.05) is 0 Å². The van der Waals surface area contributed by atoms with E-state index in [-0.39, 0.29) is 23.9 Å². The highest BCUT2D eigenvalue weighted by molar-refractivity contribution is 5.70. The molecule has 0 radical (unpaired) electrons. The predicted octanol–water partition coefficient (Wildman–Crippen LogP) is 1.49. The van der Waals surface area contributed by atoms with Crippen molar-refractivity contribution in [3.63, 3.8) is 0 Å². The Kier molecular flexibility index (Phi) is 2.96. The van der Waals surface area contributed by atoms with E-state index in [0.29, 0.717) is 6.42 Å². The molecule has 0 bridgehead atoms. The number of aliphatic hydroxyl groups is 1. The molecule has 0 spiro atoms. The minimum Gasteiger partial charge on any atom is -0.462 e. The molecule has 0 aromatic carbocycles. The number of esters is 1. The monoisotopic (exact) mass is 186 g/mol. The van der Waals surface area contributed by atoms with Crippen molar-refractivity contribution in [2.45, 2.75) is 52.2 Å². The Morgan fingerprint density at radius 1 is 1.54 bits per heavy atom. The SMILES string of the molecule is CC(C)(C)CC1CC(O)CC(=O)O1. The second-order valence-corrected chi connectivity index (χ2v) is 4.97. The number of carbonyl (C=O) groups excluding carboxylic acids is 1. The number of rotatable bonds is 1. The molecule has 1 rings (SSSR count). The summed E-state index contributed by atoms with van der Waals surface area (Å²) in [4.78, 5) is 11.0. The Bertz CT molecular complexity index is 193. The molecule has 3 nitrogen and oxygen atoms in total. The number of cyclic esters (lactones) is 1. The van der Waals surface area contributed by atoms with Crippen molar-refractivity contribution in [1.82, 2.24) is 0 Å². The van der Waals surface area contributed by atoms with Crippen molar-refractivity contribution in [1.29, 1.82) is 0 Å². The first kappa shape index (κ1) is 10.5. The minimum atomic E-state index is -0.506. The standard InChI is InChI=1S/C10H18O3/c1-10(2,3)6-8-4-7(11)5-9(12)13-8/h7-8,11H,4-6H2,1-3H3. The lowest BCUT2D eigenvalue weighted by atomic mass is 9.86. The van der Waals surface area contributed by atoms with Crippen LogP contribution in [-0.2, 0) is 9.53 Å². The van der Waals surface area contributed by atoms with Gasteiger partial charge < -0.3 is 9.84 Å². The molecule has 1 N–H and O–H groups in total. The molecule has 0 aliphatic carbocycles. The van der Waals surface area contributed by atoms with Crippen LogP contribution in [0, 0.1) is 5.41 Å². The summed E-state index contributed by atoms with van der Waals surface area (Å²) in [6.07, 6.45) is 0.948. The number of hydrogen-bond donors (Lipinski definition) is 1. The number of hydrogen-bond acceptors (Lipinski definition) is 3. The molecule has 2 atom stereocenters. The average Bonchev–Trinajstić information content (AvgIpc) is 1.78. The topological polar surface area (TPSA) is 46.5 Å². The van der Waals surface area contributed by atoms with Gasteiger partial charge in [0.15, 0.2) is 0 Å². The molecule has 0 aromatic heterocycles. The first-order chi connectivity index (χ1) is 5.87. The van der Waals surface area contributed by atoms with Crippen LogP contribution in [-0.4, -0.2) is 23.3 Å². The molecule has 1 heterocycles. The van der Waals surface area contributed by atoms with Crippen LogP contribution >= 0.6 is 0 Å². The molecule has 1 fully saturated rings. The van der Waals surface area contributed by atoms with Gasteiger partial charge in [-0.05, 0) is 11.8 Å². The third-order valence-electron chi connectivity index (χ3n) is 2.08. The van der Waals surface area contributed by atoms with E-state index in [9.17, 15) is 9.90 Å². The smallest absolute Gasteiger partial charge is 0.308 e. The van der Waals surface area contributed by atoms with Gasteiger partial charge in [-0.25, -0.2) is 0 Å². The highest BCUT2D eigenvalue weighted by atomic mass is 16.5. The number of ether oxygens (including phenoxy) is 1. The molecule has 1 saturated heterocycles. The van der Waals surface area contributed by atoms with Crippen molar-refractivity contribution in [2.24, 2.45) is 5.41 Å². The van der Waals surface area contributed by atoms with Gasteiger partial charge in [0.2, 0.25) is 0 Å². The number of aliphatic hydroxyl groups excluding tert-OH is 1. The van der Waals surface area contributed by atoms with Gasteiger partial charge in [0.1, 0.15) is 6.10 Å². The molecule has 3 heteroatoms. The molecule has 13 heavy (non-hydrogen) atoms. The quantitative estimate of drug-likeness (QED) is 0.631. The Hall–Kier alpha value is -0.570. The highest BCUT2D eigenvalue weighted by Gasteiger charge is 2.30. The van der Waals surface area contributed by atoms with Crippen LogP contribution in [0.1, 0.15) is 40.0 Å². The number of carbonyl (C=O) groups is 1. The van der Waals surface area contributed by atoms with Crippen LogP contribution in [0.2, 0.25) is 0 Å². The summed E-state index contributed by atoms with van der Waals surface area (Å²) >= 11 is 0. The lowest BCUT2D eigenvalue weighted by molar-refractivity contribution is -0.161. The second-order valence-electron chi connectivity index (χ2n) is 4.97. The van der Waals surface area contributed by atoms with Gasteiger partial charge >= 0.3 is 5.97 Å². The maximum absolute atomic E-state index is 11.0. The van der Waals surface area contributed by atoms with Gasteiger partial charge in [0, 0.05) is 6.42 Å². The summed E-state index contributed by atoms with van der Waals surface area (Å²) in [5, 5.41) is 9.35. The predicted molar refractivity (Wildman–Crippen MR) is 49.2 cm³/mol. The second kappa shape index (κ2) is 3.66. The first-order valence-corrected chi connectivity index (χ1v) is 4.74. The van der Waals surface area contributed by atoms with E-state index in [4.69, 9.17) is 4.74 Å². The Morgan fingerprint density at radius 2 is 2.15 bits per heavy atom. The van der Waals surface area contributed by atoms with Gasteiger partial charge in [0.05, 0.1) is 12.5 Å². The van der Waals surface area contributed by atoms with Crippen molar-refractivity contribution in [2.75, 3.05) is 0 Å². The van der Waals surface area contributed by atoms with E-state index < -0.39 is 6.10 Å². The van der Waals surface area contributed by atoms with Crippen LogP contribution in [0.4, 0.5) is 0 Å². The minimum absolute atomic E-state index is 0.101. The highest BCUT2D eigenvalue weighted by Crippen LogP contribution is 2.27. The van der Waals surface area contributed by atoms with Crippen LogP contribution in [0.3, 0.4) is 0 Å². The summed E-state index contributed by atoms with van der Waals surface area (Å²) in [6, 6.07) is 0. The van der Waals surface area contributed by atoms with Crippen molar-refractivity contribution in [3.8, 4) is 0 Å². The summed E-state index contributed by atoms with van der Waals surface area (Å²) in [6.45, 7) is 6.30. The summed E-state index contributed by atoms with van der Waals surface area (Å²) in [5.74, 6) is -0.270. The molecule has 76 valence electrons. The largest absolute Gasteiger partial charge is 0.462 e. The van der Waals surface area contributed by atoms with Crippen LogP contribution < -0.4 is 0 Å². The van der Waals surface area contributed by atoms with Gasteiger partial charge in [-0.2, -0.15) is 0 Å². The lowest BCUT2D eigenvalue weighted by Gasteiger charge is -2.30. The fourth-order valence-electron chi connectivity index (χ4n) is 1.67. The van der Waals surface area contributed by atoms with Crippen molar-refractivity contribution in [3.05, 3.63) is 0 Å². The summed E-state index contributed by atoms with van der Waals surface area (Å²) in [7, 11) is 0. The van der Waals surface area contributed by atoms with E-state index in [0.717, 1.165) is 6.42 Å². The molecular weight excluding hydrogens is 168 g/mol. The third-order valence-corrected chi connectivity index (χ3v) is 2.08. The zero-order chi connectivity index (χ0) is 10.1. The summed E-state index contributed by atoms with van der Waals surface area (Å²) in [5.41, 5.74) is 0.141. The van der Waals surface area contributed by atoms with E-state index in [1.54, 1.807) is 0 Å². The van der Waals surface area contributed by atoms with E-state index >= 15 is 0 Å². The first-order valence-electron chi connectivity index (χ1n) is 4.74. The summed E-state index contributed by atoms with van der Waals surface area (Å²) < 4.78 is 5.13. The Balaban J connectivity index is 2.46. The molecule has 0 saturated carbocycles. The van der Waals surface area contributed by atoms with Crippen molar-refractivity contribution >= 4 is 5.97 Å². The normalized spacial score (nSPS) is 30.0. The van der Waals surface area contributed by atoms with Crippen LogP contribution in [0.25, 0.3) is 0 Å². The molecule has 1 aliphatic heterocycles. The molecular formula is C10H18O3. The van der Waals surface area contributed by atoms with Crippen molar-refractivity contribution < 1.29 is 14.6 Å². The van der Waals surface area contributed by atoms with Crippen LogP contribution in [0.5, 0.6) is 0 Å². The molecule has 0 amide bonds. The van der Waals surface area contributed by atoms with Gasteiger partial charge in [-0.1, -0.05) is 20.8 Å². The fraction of sp³-hybridized carbons (Fsp3) is 0.900. The lowest BCUT2D eigenvalue weighted by Crippen LogP contribution is -2.34. The zero-order valence-corrected chi connectivity index (χ0v) is 8.54. The van der Waals surface area contributed by atoms with Gasteiger partial charge in [0.25, 0.3) is 0 Å². The Morgan fingerprint density at radius 3 is 2.62 bits per heavy atom. The third kappa shape index (κ3) is 3.77. The van der Waals surface area contributed by atoms with Crippen LogP contribution in [0.15, 0.2) is 0 Å².